The molecule has 0 aromatic carbocycles. The van der Waals surface area contributed by atoms with Gasteiger partial charge in [0, 0.05) is 18.9 Å². The van der Waals surface area contributed by atoms with Crippen LogP contribution >= 0.6 is 0 Å². The van der Waals surface area contributed by atoms with Gasteiger partial charge in [-0.05, 0) is 31.9 Å². The van der Waals surface area contributed by atoms with Crippen LogP contribution in [0.25, 0.3) is 0 Å². The van der Waals surface area contributed by atoms with Crippen LogP contribution in [0.2, 0.25) is 0 Å². The zero-order valence-electron chi connectivity index (χ0n) is 7.95. The van der Waals surface area contributed by atoms with Crippen LogP contribution in [0.15, 0.2) is 12.4 Å². The summed E-state index contributed by atoms with van der Waals surface area (Å²) in [6.07, 6.45) is 5.71. The molecule has 1 rings (SSSR count). The number of hydrogen-bond acceptors (Lipinski definition) is 4. The van der Waals surface area contributed by atoms with Crippen molar-refractivity contribution in [2.75, 3.05) is 18.4 Å². The smallest absolute Gasteiger partial charge is 0.222 e. The average molecular weight is 180 g/mol. The topological polar surface area (TPSA) is 63.8 Å². The van der Waals surface area contributed by atoms with E-state index in [1.54, 1.807) is 12.4 Å². The van der Waals surface area contributed by atoms with E-state index in [2.05, 4.69) is 15.3 Å². The Hall–Kier alpha value is -1.16. The summed E-state index contributed by atoms with van der Waals surface area (Å²) in [5.74, 6) is 0.697. The van der Waals surface area contributed by atoms with E-state index < -0.39 is 0 Å². The number of nitrogens with two attached hydrogens (primary N) is 1. The fraction of sp³-hybridized carbons (Fsp3) is 0.556. The molecule has 0 aliphatic heterocycles. The molecule has 1 aromatic rings. The maximum atomic E-state index is 5.37. The Bertz CT molecular complexity index is 232. The number of unbranched alkanes of at least 4 members (excludes halogenated alkanes) is 1. The van der Waals surface area contributed by atoms with Gasteiger partial charge in [-0.15, -0.1) is 0 Å². The van der Waals surface area contributed by atoms with Gasteiger partial charge < -0.3 is 11.1 Å². The van der Waals surface area contributed by atoms with Crippen molar-refractivity contribution in [2.45, 2.75) is 19.8 Å². The van der Waals surface area contributed by atoms with Crippen molar-refractivity contribution in [2.24, 2.45) is 5.73 Å². The zero-order valence-corrected chi connectivity index (χ0v) is 7.95. The highest BCUT2D eigenvalue weighted by molar-refractivity contribution is 5.23. The van der Waals surface area contributed by atoms with Crippen molar-refractivity contribution in [3.63, 3.8) is 0 Å². The van der Waals surface area contributed by atoms with Gasteiger partial charge in [-0.2, -0.15) is 0 Å². The lowest BCUT2D eigenvalue weighted by Crippen LogP contribution is -2.07. The highest BCUT2D eigenvalue weighted by atomic mass is 15.1. The number of aryl methyl sites for hydroxylation is 1. The molecule has 72 valence electrons. The lowest BCUT2D eigenvalue weighted by Gasteiger charge is -2.03. The van der Waals surface area contributed by atoms with E-state index in [-0.39, 0.29) is 0 Å². The molecular formula is C9H16N4. The molecule has 13 heavy (non-hydrogen) atoms. The van der Waals surface area contributed by atoms with E-state index in [0.29, 0.717) is 5.95 Å². The zero-order chi connectivity index (χ0) is 9.52. The molecule has 4 nitrogen and oxygen atoms in total. The Kier molecular flexibility index (Phi) is 4.18. The minimum atomic E-state index is 0.697. The minimum Gasteiger partial charge on any atom is -0.354 e. The van der Waals surface area contributed by atoms with E-state index in [9.17, 15) is 0 Å². The third kappa shape index (κ3) is 3.85. The molecule has 4 heteroatoms. The van der Waals surface area contributed by atoms with Gasteiger partial charge in [0.1, 0.15) is 0 Å². The first kappa shape index (κ1) is 9.92. The molecule has 0 aliphatic rings. The van der Waals surface area contributed by atoms with Gasteiger partial charge in [-0.1, -0.05) is 0 Å². The van der Waals surface area contributed by atoms with Crippen molar-refractivity contribution >= 4 is 5.95 Å². The Balaban J connectivity index is 2.25. The Labute approximate surface area is 78.6 Å². The fourth-order valence-electron chi connectivity index (χ4n) is 0.953. The van der Waals surface area contributed by atoms with Crippen LogP contribution in [0.3, 0.4) is 0 Å². The van der Waals surface area contributed by atoms with E-state index in [1.807, 2.05) is 6.92 Å². The SMILES string of the molecule is Cc1cnc(NCCCCN)nc1. The second-order valence-corrected chi connectivity index (χ2v) is 3.01. The van der Waals surface area contributed by atoms with Crippen LogP contribution < -0.4 is 11.1 Å². The first-order chi connectivity index (χ1) is 6.33. The molecular weight excluding hydrogens is 164 g/mol. The van der Waals surface area contributed by atoms with Crippen LogP contribution in [0, 0.1) is 6.92 Å². The molecule has 0 spiro atoms. The van der Waals surface area contributed by atoms with E-state index in [0.717, 1.165) is 31.5 Å². The fourth-order valence-corrected chi connectivity index (χ4v) is 0.953. The summed E-state index contributed by atoms with van der Waals surface area (Å²) < 4.78 is 0. The summed E-state index contributed by atoms with van der Waals surface area (Å²) in [6.45, 7) is 3.61. The van der Waals surface area contributed by atoms with Gasteiger partial charge in [-0.25, -0.2) is 9.97 Å². The van der Waals surface area contributed by atoms with Crippen LogP contribution in [0.5, 0.6) is 0 Å². The molecule has 0 atom stereocenters. The third-order valence-electron chi connectivity index (χ3n) is 1.69. The van der Waals surface area contributed by atoms with E-state index in [1.165, 1.54) is 0 Å². The second kappa shape index (κ2) is 5.48. The summed E-state index contributed by atoms with van der Waals surface area (Å²) in [4.78, 5) is 8.24. The van der Waals surface area contributed by atoms with Gasteiger partial charge in [0.05, 0.1) is 0 Å². The predicted octanol–water partition coefficient (Wildman–Crippen LogP) is 0.936. The van der Waals surface area contributed by atoms with Crippen molar-refractivity contribution in [3.8, 4) is 0 Å². The number of aromatic nitrogens is 2. The summed E-state index contributed by atoms with van der Waals surface area (Å²) in [6, 6.07) is 0. The summed E-state index contributed by atoms with van der Waals surface area (Å²) >= 11 is 0. The molecule has 0 fully saturated rings. The van der Waals surface area contributed by atoms with E-state index >= 15 is 0 Å². The van der Waals surface area contributed by atoms with Crippen molar-refractivity contribution < 1.29 is 0 Å². The first-order valence-electron chi connectivity index (χ1n) is 4.55. The molecule has 0 aliphatic carbocycles. The number of hydrogen-bond donors (Lipinski definition) is 2. The highest BCUT2D eigenvalue weighted by Gasteiger charge is 1.92. The summed E-state index contributed by atoms with van der Waals surface area (Å²) in [7, 11) is 0. The minimum absolute atomic E-state index is 0.697. The Morgan fingerprint density at radius 1 is 1.31 bits per heavy atom. The molecule has 0 saturated heterocycles. The van der Waals surface area contributed by atoms with Crippen molar-refractivity contribution in [1.82, 2.24) is 9.97 Å². The Morgan fingerprint density at radius 2 is 2.00 bits per heavy atom. The molecule has 3 N–H and O–H groups in total. The lowest BCUT2D eigenvalue weighted by molar-refractivity contribution is 0.769. The maximum absolute atomic E-state index is 5.37. The van der Waals surface area contributed by atoms with Crippen LogP contribution in [0.1, 0.15) is 18.4 Å². The molecule has 0 amide bonds. The second-order valence-electron chi connectivity index (χ2n) is 3.01. The average Bonchev–Trinajstić information content (AvgIpc) is 2.15. The first-order valence-corrected chi connectivity index (χ1v) is 4.55. The van der Waals surface area contributed by atoms with Gasteiger partial charge in [0.15, 0.2) is 0 Å². The van der Waals surface area contributed by atoms with Gasteiger partial charge in [0.2, 0.25) is 5.95 Å². The largest absolute Gasteiger partial charge is 0.354 e. The molecule has 1 aromatic heterocycles. The third-order valence-corrected chi connectivity index (χ3v) is 1.69. The molecule has 0 radical (unpaired) electrons. The van der Waals surface area contributed by atoms with E-state index in [4.69, 9.17) is 5.73 Å². The highest BCUT2D eigenvalue weighted by Crippen LogP contribution is 1.98. The van der Waals surface area contributed by atoms with Crippen LogP contribution in [-0.4, -0.2) is 23.1 Å². The number of anilines is 1. The van der Waals surface area contributed by atoms with Crippen LogP contribution in [-0.2, 0) is 0 Å². The van der Waals surface area contributed by atoms with Crippen molar-refractivity contribution in [1.29, 1.82) is 0 Å². The van der Waals surface area contributed by atoms with Gasteiger partial charge in [0.25, 0.3) is 0 Å². The summed E-state index contributed by atoms with van der Waals surface area (Å²) in [5, 5.41) is 3.13. The molecule has 0 unspecified atom stereocenters. The predicted molar refractivity (Wildman–Crippen MR) is 53.5 cm³/mol. The Morgan fingerprint density at radius 3 is 2.62 bits per heavy atom. The number of nitrogens with zero attached hydrogens (tertiary/aromatic N) is 2. The molecule has 0 saturated carbocycles. The maximum Gasteiger partial charge on any atom is 0.222 e. The molecule has 1 heterocycles. The number of nitrogens with one attached hydrogen (secondary N) is 1. The van der Waals surface area contributed by atoms with Crippen molar-refractivity contribution in [3.05, 3.63) is 18.0 Å². The quantitative estimate of drug-likeness (QED) is 0.662. The normalized spacial score (nSPS) is 10.0. The monoisotopic (exact) mass is 180 g/mol. The van der Waals surface area contributed by atoms with Gasteiger partial charge in [-0.3, -0.25) is 0 Å². The van der Waals surface area contributed by atoms with Crippen LogP contribution in [0.4, 0.5) is 5.95 Å². The molecule has 0 bridgehead atoms. The lowest BCUT2D eigenvalue weighted by atomic mass is 10.3. The number of rotatable bonds is 5. The van der Waals surface area contributed by atoms with Gasteiger partial charge >= 0.3 is 0 Å². The summed E-state index contributed by atoms with van der Waals surface area (Å²) in [5.41, 5.74) is 6.45. The standard InChI is InChI=1S/C9H16N4/c1-8-6-12-9(13-7-8)11-5-3-2-4-10/h6-7H,2-5,10H2,1H3,(H,11,12,13).